The summed E-state index contributed by atoms with van der Waals surface area (Å²) in [5.74, 6) is 0. The summed E-state index contributed by atoms with van der Waals surface area (Å²) in [6, 6.07) is 12.2. The van der Waals surface area contributed by atoms with Gasteiger partial charge < -0.3 is 5.32 Å². The Balaban J connectivity index is 1.72. The Bertz CT molecular complexity index is 426. The molecule has 2 heteroatoms. The fourth-order valence-electron chi connectivity index (χ4n) is 4.12. The Kier molecular flexibility index (Phi) is 4.13. The minimum Gasteiger partial charge on any atom is -0.308 e. The molecule has 2 unspecified atom stereocenters. The van der Waals surface area contributed by atoms with Gasteiger partial charge in [-0.15, -0.1) is 0 Å². The molecule has 0 bridgehead atoms. The van der Waals surface area contributed by atoms with Gasteiger partial charge in [0, 0.05) is 31.7 Å². The lowest BCUT2D eigenvalue weighted by Crippen LogP contribution is -2.55. The number of rotatable bonds is 2. The van der Waals surface area contributed by atoms with Crippen molar-refractivity contribution in [1.29, 1.82) is 0 Å². The van der Waals surface area contributed by atoms with Crippen molar-refractivity contribution < 1.29 is 0 Å². The molecule has 2 aliphatic rings. The molecule has 2 fully saturated rings. The van der Waals surface area contributed by atoms with Crippen molar-refractivity contribution in [3.05, 3.63) is 35.9 Å². The van der Waals surface area contributed by atoms with Gasteiger partial charge in [-0.25, -0.2) is 0 Å². The summed E-state index contributed by atoms with van der Waals surface area (Å²) in [6.07, 6.45) is 5.60. The molecule has 2 nitrogen and oxygen atoms in total. The van der Waals surface area contributed by atoms with Gasteiger partial charge in [-0.1, -0.05) is 57.0 Å². The van der Waals surface area contributed by atoms with Crippen LogP contribution in [0.1, 0.15) is 51.1 Å². The Morgan fingerprint density at radius 3 is 2.70 bits per heavy atom. The largest absolute Gasteiger partial charge is 0.308 e. The van der Waals surface area contributed by atoms with E-state index in [-0.39, 0.29) is 0 Å². The monoisotopic (exact) mass is 272 g/mol. The highest BCUT2D eigenvalue weighted by atomic mass is 15.2. The summed E-state index contributed by atoms with van der Waals surface area (Å²) in [4.78, 5) is 2.76. The van der Waals surface area contributed by atoms with Crippen molar-refractivity contribution in [2.24, 2.45) is 5.41 Å². The van der Waals surface area contributed by atoms with E-state index in [2.05, 4.69) is 54.4 Å². The second kappa shape index (κ2) is 5.87. The van der Waals surface area contributed by atoms with Crippen LogP contribution in [0.4, 0.5) is 0 Å². The van der Waals surface area contributed by atoms with Crippen LogP contribution in [0.25, 0.3) is 0 Å². The lowest BCUT2D eigenvalue weighted by Gasteiger charge is -2.48. The maximum atomic E-state index is 3.69. The number of nitrogens with one attached hydrogen (secondary N) is 1. The van der Waals surface area contributed by atoms with Gasteiger partial charge in [0.2, 0.25) is 0 Å². The summed E-state index contributed by atoms with van der Waals surface area (Å²) in [5, 5.41) is 3.69. The first-order valence-corrected chi connectivity index (χ1v) is 8.19. The first-order chi connectivity index (χ1) is 9.67. The van der Waals surface area contributed by atoms with Crippen molar-refractivity contribution >= 4 is 0 Å². The van der Waals surface area contributed by atoms with E-state index in [9.17, 15) is 0 Å². The molecule has 1 heterocycles. The van der Waals surface area contributed by atoms with Crippen LogP contribution in [0.15, 0.2) is 30.3 Å². The second-order valence-corrected chi connectivity index (χ2v) is 7.16. The smallest absolute Gasteiger partial charge is 0.0449 e. The highest BCUT2D eigenvalue weighted by Gasteiger charge is 2.37. The minimum absolute atomic E-state index is 0.483. The molecule has 1 N–H and O–H groups in total. The van der Waals surface area contributed by atoms with Crippen molar-refractivity contribution in [3.63, 3.8) is 0 Å². The Morgan fingerprint density at radius 1 is 1.15 bits per heavy atom. The van der Waals surface area contributed by atoms with E-state index in [1.165, 1.54) is 37.8 Å². The second-order valence-electron chi connectivity index (χ2n) is 7.16. The van der Waals surface area contributed by atoms with Crippen LogP contribution in [-0.4, -0.2) is 30.6 Å². The predicted octanol–water partition coefficient (Wildman–Crippen LogP) is 3.60. The van der Waals surface area contributed by atoms with E-state index in [1.54, 1.807) is 0 Å². The molecule has 0 aromatic heterocycles. The molecule has 1 aromatic rings. The maximum Gasteiger partial charge on any atom is 0.0449 e. The van der Waals surface area contributed by atoms with Crippen LogP contribution in [0.2, 0.25) is 0 Å². The zero-order valence-electron chi connectivity index (χ0n) is 12.9. The zero-order chi connectivity index (χ0) is 14.0. The minimum atomic E-state index is 0.483. The average Bonchev–Trinajstić information content (AvgIpc) is 2.48. The lowest BCUT2D eigenvalue weighted by atomic mass is 9.72. The van der Waals surface area contributed by atoms with Gasteiger partial charge in [-0.3, -0.25) is 4.90 Å². The van der Waals surface area contributed by atoms with Gasteiger partial charge in [0.1, 0.15) is 0 Å². The van der Waals surface area contributed by atoms with Gasteiger partial charge in [0.25, 0.3) is 0 Å². The molecule has 1 saturated carbocycles. The quantitative estimate of drug-likeness (QED) is 0.885. The third-order valence-corrected chi connectivity index (χ3v) is 5.30. The van der Waals surface area contributed by atoms with E-state index >= 15 is 0 Å². The maximum absolute atomic E-state index is 3.69. The molecule has 1 aliphatic carbocycles. The third-order valence-electron chi connectivity index (χ3n) is 5.30. The van der Waals surface area contributed by atoms with Crippen LogP contribution in [0, 0.1) is 5.41 Å². The Morgan fingerprint density at radius 2 is 1.95 bits per heavy atom. The molecule has 3 rings (SSSR count). The van der Waals surface area contributed by atoms with Gasteiger partial charge in [0.15, 0.2) is 0 Å². The Labute approximate surface area is 123 Å². The molecular formula is C18H28N2. The number of hydrogen-bond acceptors (Lipinski definition) is 2. The molecule has 0 radical (unpaired) electrons. The van der Waals surface area contributed by atoms with Crippen LogP contribution < -0.4 is 5.32 Å². The van der Waals surface area contributed by atoms with Crippen LogP contribution in [0.5, 0.6) is 0 Å². The van der Waals surface area contributed by atoms with Gasteiger partial charge >= 0.3 is 0 Å². The van der Waals surface area contributed by atoms with Crippen LogP contribution >= 0.6 is 0 Å². The van der Waals surface area contributed by atoms with Crippen LogP contribution in [0.3, 0.4) is 0 Å². The normalized spacial score (nSPS) is 31.1. The molecular weight excluding hydrogens is 244 g/mol. The third kappa shape index (κ3) is 2.91. The average molecular weight is 272 g/mol. The predicted molar refractivity (Wildman–Crippen MR) is 84.8 cm³/mol. The fraction of sp³-hybridized carbons (Fsp3) is 0.667. The summed E-state index contributed by atoms with van der Waals surface area (Å²) in [5.41, 5.74) is 1.92. The number of nitrogens with zero attached hydrogens (tertiary/aromatic N) is 1. The SMILES string of the molecule is CC1(C)CCCCC1N1CCNC(c2ccccc2)C1. The molecule has 2 atom stereocenters. The van der Waals surface area contributed by atoms with Gasteiger partial charge in [-0.05, 0) is 23.8 Å². The molecule has 1 saturated heterocycles. The summed E-state index contributed by atoms with van der Waals surface area (Å²) >= 11 is 0. The standard InChI is InChI=1S/C18H28N2/c1-18(2)11-7-6-10-17(18)20-13-12-19-16(14-20)15-8-4-3-5-9-15/h3-5,8-9,16-17,19H,6-7,10-14H2,1-2H3. The van der Waals surface area contributed by atoms with Gasteiger partial charge in [0.05, 0.1) is 0 Å². The Hall–Kier alpha value is -0.860. The highest BCUT2D eigenvalue weighted by Crippen LogP contribution is 2.39. The van der Waals surface area contributed by atoms with Crippen molar-refractivity contribution in [2.45, 2.75) is 51.6 Å². The summed E-state index contributed by atoms with van der Waals surface area (Å²) in [6.45, 7) is 8.43. The fourth-order valence-corrected chi connectivity index (χ4v) is 4.12. The van der Waals surface area contributed by atoms with E-state index in [4.69, 9.17) is 0 Å². The molecule has 1 aromatic carbocycles. The van der Waals surface area contributed by atoms with Crippen molar-refractivity contribution in [3.8, 4) is 0 Å². The van der Waals surface area contributed by atoms with Gasteiger partial charge in [-0.2, -0.15) is 0 Å². The molecule has 0 amide bonds. The first-order valence-electron chi connectivity index (χ1n) is 8.19. The molecule has 1 aliphatic heterocycles. The van der Waals surface area contributed by atoms with E-state index in [1.807, 2.05) is 0 Å². The van der Waals surface area contributed by atoms with Crippen molar-refractivity contribution in [2.75, 3.05) is 19.6 Å². The van der Waals surface area contributed by atoms with Crippen LogP contribution in [-0.2, 0) is 0 Å². The zero-order valence-corrected chi connectivity index (χ0v) is 12.9. The first kappa shape index (κ1) is 14.1. The summed E-state index contributed by atoms with van der Waals surface area (Å²) < 4.78 is 0. The number of piperazine rings is 1. The highest BCUT2D eigenvalue weighted by molar-refractivity contribution is 5.20. The number of benzene rings is 1. The van der Waals surface area contributed by atoms with Crippen molar-refractivity contribution in [1.82, 2.24) is 10.2 Å². The van der Waals surface area contributed by atoms with E-state index in [0.29, 0.717) is 11.5 Å². The van der Waals surface area contributed by atoms with E-state index in [0.717, 1.165) is 19.1 Å². The summed E-state index contributed by atoms with van der Waals surface area (Å²) in [7, 11) is 0. The molecule has 0 spiro atoms. The topological polar surface area (TPSA) is 15.3 Å². The molecule has 20 heavy (non-hydrogen) atoms. The number of hydrogen-bond donors (Lipinski definition) is 1. The van der Waals surface area contributed by atoms with E-state index < -0.39 is 0 Å². The lowest BCUT2D eigenvalue weighted by molar-refractivity contribution is 0.0291. The molecule has 110 valence electrons.